The number of ether oxygens (including phenoxy) is 3. The number of piperidine rings is 1. The number of fused-ring (bicyclic) bond motifs is 1. The summed E-state index contributed by atoms with van der Waals surface area (Å²) >= 11 is 0. The van der Waals surface area contributed by atoms with Gasteiger partial charge < -0.3 is 38.1 Å². The van der Waals surface area contributed by atoms with Gasteiger partial charge in [0.05, 0.1) is 38.4 Å². The van der Waals surface area contributed by atoms with Crippen molar-refractivity contribution in [2.24, 2.45) is 5.92 Å². The molecule has 7 rings (SSSR count). The van der Waals surface area contributed by atoms with Crippen LogP contribution in [0.1, 0.15) is 70.9 Å². The molecule has 0 aliphatic carbocycles. The fourth-order valence-electron chi connectivity index (χ4n) is 8.09. The quantitative estimate of drug-likeness (QED) is 0.141. The van der Waals surface area contributed by atoms with Gasteiger partial charge in [0.1, 0.15) is 5.76 Å². The first-order valence-electron chi connectivity index (χ1n) is 17.9. The molecular weight excluding hydrogens is 660 g/mol. The van der Waals surface area contributed by atoms with E-state index >= 15 is 0 Å². The Morgan fingerprint density at radius 1 is 0.923 bits per heavy atom. The molecule has 2 unspecified atom stereocenters. The molecule has 0 saturated carbocycles. The van der Waals surface area contributed by atoms with Gasteiger partial charge in [-0.3, -0.25) is 9.59 Å². The number of furan rings is 1. The Morgan fingerprint density at radius 3 is 2.27 bits per heavy atom. The maximum absolute atomic E-state index is 14.1. The average molecular weight is 707 g/mol. The minimum atomic E-state index is -0.326. The van der Waals surface area contributed by atoms with Crippen LogP contribution in [0.3, 0.4) is 0 Å². The molecule has 2 aliphatic rings. The van der Waals surface area contributed by atoms with Crippen molar-refractivity contribution < 1.29 is 33.3 Å². The molecule has 2 aliphatic heterocycles. The fourth-order valence-corrected chi connectivity index (χ4v) is 8.09. The lowest BCUT2D eigenvalue weighted by Gasteiger charge is -2.36. The minimum absolute atomic E-state index is 0.0379. The van der Waals surface area contributed by atoms with Gasteiger partial charge in [0, 0.05) is 36.1 Å². The topological polar surface area (TPSA) is 120 Å². The summed E-state index contributed by atoms with van der Waals surface area (Å²) in [5.74, 6) is 2.00. The highest BCUT2D eigenvalue weighted by Gasteiger charge is 2.42. The van der Waals surface area contributed by atoms with Gasteiger partial charge in [-0.15, -0.1) is 0 Å². The van der Waals surface area contributed by atoms with Crippen molar-refractivity contribution in [2.45, 2.75) is 44.1 Å². The van der Waals surface area contributed by atoms with Crippen LogP contribution in [0.2, 0.25) is 0 Å². The third-order valence-electron chi connectivity index (χ3n) is 11.0. The van der Waals surface area contributed by atoms with E-state index in [0.29, 0.717) is 47.5 Å². The van der Waals surface area contributed by atoms with Crippen molar-refractivity contribution in [3.63, 3.8) is 0 Å². The van der Waals surface area contributed by atoms with E-state index in [1.807, 2.05) is 46.7 Å². The maximum atomic E-state index is 14.1. The molecule has 11 nitrogen and oxygen atoms in total. The number of aromatic nitrogens is 2. The number of hydrogen-bond donors (Lipinski definition) is 1. The van der Waals surface area contributed by atoms with Crippen LogP contribution in [0, 0.1) is 5.92 Å². The van der Waals surface area contributed by atoms with Gasteiger partial charge in [0.15, 0.2) is 17.3 Å². The number of ketones is 1. The maximum Gasteiger partial charge on any atom is 0.282 e. The summed E-state index contributed by atoms with van der Waals surface area (Å²) in [6, 6.07) is 24.6. The number of imidazole rings is 1. The highest BCUT2D eigenvalue weighted by atomic mass is 16.5. The molecule has 0 spiro atoms. The smallest absolute Gasteiger partial charge is 0.282 e. The van der Waals surface area contributed by atoms with Gasteiger partial charge in [0.2, 0.25) is 11.5 Å². The molecule has 1 amide bonds. The van der Waals surface area contributed by atoms with E-state index in [0.717, 1.165) is 56.4 Å². The van der Waals surface area contributed by atoms with Crippen LogP contribution in [0.4, 0.5) is 0 Å². The largest absolute Gasteiger partial charge is 0.493 e. The molecule has 4 heterocycles. The molecule has 2 aromatic heterocycles. The summed E-state index contributed by atoms with van der Waals surface area (Å²) in [6.45, 7) is 5.66. The number of benzene rings is 3. The Morgan fingerprint density at radius 2 is 1.62 bits per heavy atom. The van der Waals surface area contributed by atoms with Crippen molar-refractivity contribution in [2.75, 3.05) is 54.1 Å². The normalized spacial score (nSPS) is 18.8. The molecule has 5 aromatic rings. The average Bonchev–Trinajstić information content (AvgIpc) is 3.94. The lowest BCUT2D eigenvalue weighted by molar-refractivity contribution is 0.0777. The molecule has 2 atom stereocenters. The van der Waals surface area contributed by atoms with Crippen LogP contribution in [-0.2, 0) is 5.41 Å². The Balaban J connectivity index is 1.04. The van der Waals surface area contributed by atoms with Crippen molar-refractivity contribution in [1.82, 2.24) is 19.4 Å². The zero-order chi connectivity index (χ0) is 36.4. The number of carbonyl (C=O) groups is 2. The number of Topliss-reactive ketones (excluding diaryl/α,β-unsaturated/α-hetero) is 1. The number of likely N-dealkylation sites (tertiary alicyclic amines) is 2. The standard InChI is InChI=1S/C41H46N4O7/c1-27(33-14-15-36(46)52-33)45-32-13-9-8-12-31(32)42-39(45)37(47)28-16-20-43(21-17-28)22-18-41(30-10-6-5-7-11-30)19-23-44(26-41)40(48)29-24-34(49-2)38(51-4)35(25-29)50-3/h5-15,24-25,27-28,46H,16-23,26H2,1-4H3. The molecule has 52 heavy (non-hydrogen) atoms. The minimum Gasteiger partial charge on any atom is -0.493 e. The van der Waals surface area contributed by atoms with Crippen LogP contribution in [0.25, 0.3) is 11.0 Å². The van der Waals surface area contributed by atoms with E-state index in [2.05, 4.69) is 29.2 Å². The predicted octanol–water partition coefficient (Wildman–Crippen LogP) is 6.74. The summed E-state index contributed by atoms with van der Waals surface area (Å²) in [7, 11) is 4.65. The summed E-state index contributed by atoms with van der Waals surface area (Å²) in [5, 5.41) is 9.86. The van der Waals surface area contributed by atoms with Crippen molar-refractivity contribution in [3.8, 4) is 23.2 Å². The SMILES string of the molecule is COc1cc(C(=O)N2CCC(CCN3CCC(C(=O)c4nc5ccccc5n4C(C)c4ccc(O)o4)CC3)(c3ccccc3)C2)cc(OC)c1OC. The van der Waals surface area contributed by atoms with Gasteiger partial charge >= 0.3 is 0 Å². The molecule has 2 saturated heterocycles. The second kappa shape index (κ2) is 14.7. The molecule has 11 heteroatoms. The van der Waals surface area contributed by atoms with Gasteiger partial charge in [0.25, 0.3) is 11.9 Å². The lowest BCUT2D eigenvalue weighted by atomic mass is 9.76. The monoisotopic (exact) mass is 706 g/mol. The van der Waals surface area contributed by atoms with E-state index in [9.17, 15) is 14.7 Å². The Kier molecular flexibility index (Phi) is 9.96. The second-order valence-electron chi connectivity index (χ2n) is 13.9. The van der Waals surface area contributed by atoms with Crippen LogP contribution in [0.15, 0.2) is 83.3 Å². The number of methoxy groups -OCH3 is 3. The molecule has 0 bridgehead atoms. The molecule has 0 radical (unpaired) electrons. The first kappa shape index (κ1) is 35.1. The lowest BCUT2D eigenvalue weighted by Crippen LogP contribution is -2.41. The number of amides is 1. The number of rotatable bonds is 12. The van der Waals surface area contributed by atoms with E-state index in [1.165, 1.54) is 11.6 Å². The second-order valence-corrected chi connectivity index (χ2v) is 13.9. The van der Waals surface area contributed by atoms with Crippen molar-refractivity contribution in [3.05, 3.63) is 102 Å². The highest BCUT2D eigenvalue weighted by Crippen LogP contribution is 2.42. The first-order valence-corrected chi connectivity index (χ1v) is 17.9. The van der Waals surface area contributed by atoms with E-state index in [4.69, 9.17) is 23.6 Å². The Bertz CT molecular complexity index is 2020. The zero-order valence-corrected chi connectivity index (χ0v) is 30.2. The number of carbonyl (C=O) groups excluding carboxylic acids is 2. The Hall–Kier alpha value is -5.29. The summed E-state index contributed by atoms with van der Waals surface area (Å²) in [6.07, 6.45) is 3.21. The van der Waals surface area contributed by atoms with E-state index in [1.54, 1.807) is 39.5 Å². The summed E-state index contributed by atoms with van der Waals surface area (Å²) in [5.41, 5.74) is 3.14. The number of aromatic hydroxyl groups is 1. The molecule has 1 N–H and O–H groups in total. The molecule has 2 fully saturated rings. The van der Waals surface area contributed by atoms with Gasteiger partial charge in [-0.1, -0.05) is 42.5 Å². The number of nitrogens with zero attached hydrogens (tertiary/aromatic N) is 4. The number of para-hydroxylation sites is 2. The van der Waals surface area contributed by atoms with Crippen LogP contribution < -0.4 is 14.2 Å². The van der Waals surface area contributed by atoms with Gasteiger partial charge in [-0.2, -0.15) is 0 Å². The zero-order valence-electron chi connectivity index (χ0n) is 30.2. The van der Waals surface area contributed by atoms with Crippen LogP contribution >= 0.6 is 0 Å². The van der Waals surface area contributed by atoms with Gasteiger partial charge in [-0.05, 0) is 88.1 Å². The van der Waals surface area contributed by atoms with Gasteiger partial charge in [-0.25, -0.2) is 4.98 Å². The summed E-state index contributed by atoms with van der Waals surface area (Å²) < 4.78 is 24.0. The molecular formula is C41H46N4O7. The third-order valence-corrected chi connectivity index (χ3v) is 11.0. The van der Waals surface area contributed by atoms with E-state index in [-0.39, 0.29) is 35.0 Å². The van der Waals surface area contributed by atoms with Crippen molar-refractivity contribution in [1.29, 1.82) is 0 Å². The summed E-state index contributed by atoms with van der Waals surface area (Å²) in [4.78, 5) is 37.3. The predicted molar refractivity (Wildman–Crippen MR) is 197 cm³/mol. The third kappa shape index (κ3) is 6.61. The molecule has 272 valence electrons. The fraction of sp³-hybridized carbons (Fsp3) is 0.390. The van der Waals surface area contributed by atoms with Crippen molar-refractivity contribution >= 4 is 22.7 Å². The Labute approximate surface area is 303 Å². The number of hydrogen-bond acceptors (Lipinski definition) is 9. The highest BCUT2D eigenvalue weighted by molar-refractivity contribution is 5.98. The van der Waals surface area contributed by atoms with Crippen LogP contribution in [0.5, 0.6) is 23.2 Å². The first-order chi connectivity index (χ1) is 25.2. The van der Waals surface area contributed by atoms with E-state index < -0.39 is 0 Å². The molecule has 3 aromatic carbocycles. The van der Waals surface area contributed by atoms with Crippen LogP contribution in [-0.4, -0.2) is 90.2 Å².